The van der Waals surface area contributed by atoms with Crippen molar-refractivity contribution < 1.29 is 9.47 Å². The molecule has 1 fully saturated rings. The molecular weight excluding hydrogens is 310 g/mol. The SMILES string of the molecule is C/C(=N/NC(=S)N[C@@H]1CCCC[C@H]1C)c1ccc2c(c1)OCO2. The highest BCUT2D eigenvalue weighted by molar-refractivity contribution is 7.80. The number of benzene rings is 1. The minimum absolute atomic E-state index is 0.279. The second-order valence-corrected chi connectivity index (χ2v) is 6.63. The molecule has 1 saturated carbocycles. The number of nitrogens with zero attached hydrogens (tertiary/aromatic N) is 1. The van der Waals surface area contributed by atoms with Crippen molar-refractivity contribution in [2.45, 2.75) is 45.6 Å². The third-order valence-corrected chi connectivity index (χ3v) is 4.75. The van der Waals surface area contributed by atoms with Gasteiger partial charge in [0.05, 0.1) is 5.71 Å². The topological polar surface area (TPSA) is 54.9 Å². The molecule has 1 heterocycles. The summed E-state index contributed by atoms with van der Waals surface area (Å²) in [5.41, 5.74) is 4.79. The van der Waals surface area contributed by atoms with Crippen molar-refractivity contribution in [2.75, 3.05) is 6.79 Å². The van der Waals surface area contributed by atoms with Crippen LogP contribution < -0.4 is 20.2 Å². The first kappa shape index (κ1) is 16.1. The van der Waals surface area contributed by atoms with Crippen LogP contribution in [0.3, 0.4) is 0 Å². The maximum absolute atomic E-state index is 5.39. The molecule has 3 rings (SSSR count). The predicted octanol–water partition coefficient (Wildman–Crippen LogP) is 3.18. The fraction of sp³-hybridized carbons (Fsp3) is 0.529. The van der Waals surface area contributed by atoms with Crippen LogP contribution in [-0.2, 0) is 0 Å². The van der Waals surface area contributed by atoms with Gasteiger partial charge in [-0.15, -0.1) is 0 Å². The highest BCUT2D eigenvalue weighted by Crippen LogP contribution is 2.32. The average molecular weight is 333 g/mol. The van der Waals surface area contributed by atoms with Gasteiger partial charge in [0.2, 0.25) is 6.79 Å². The Bertz CT molecular complexity index is 618. The van der Waals surface area contributed by atoms with Gasteiger partial charge in [0.25, 0.3) is 0 Å². The fourth-order valence-electron chi connectivity index (χ4n) is 3.05. The van der Waals surface area contributed by atoms with E-state index in [2.05, 4.69) is 22.8 Å². The summed E-state index contributed by atoms with van der Waals surface area (Å²) in [6.07, 6.45) is 5.03. The van der Waals surface area contributed by atoms with E-state index in [4.69, 9.17) is 21.7 Å². The Labute approximate surface area is 142 Å². The summed E-state index contributed by atoms with van der Waals surface area (Å²) in [5.74, 6) is 2.19. The van der Waals surface area contributed by atoms with E-state index in [0.717, 1.165) is 22.8 Å². The minimum Gasteiger partial charge on any atom is -0.454 e. The number of rotatable bonds is 3. The summed E-state index contributed by atoms with van der Waals surface area (Å²) >= 11 is 5.36. The maximum atomic E-state index is 5.39. The lowest BCUT2D eigenvalue weighted by Crippen LogP contribution is -2.44. The minimum atomic E-state index is 0.279. The van der Waals surface area contributed by atoms with Gasteiger partial charge in [0.1, 0.15) is 0 Å². The van der Waals surface area contributed by atoms with E-state index in [9.17, 15) is 0 Å². The highest BCUT2D eigenvalue weighted by atomic mass is 32.1. The van der Waals surface area contributed by atoms with Crippen molar-refractivity contribution in [2.24, 2.45) is 11.0 Å². The first-order valence-corrected chi connectivity index (χ1v) is 8.55. The van der Waals surface area contributed by atoms with Crippen molar-refractivity contribution in [3.8, 4) is 11.5 Å². The van der Waals surface area contributed by atoms with E-state index < -0.39 is 0 Å². The lowest BCUT2D eigenvalue weighted by Gasteiger charge is -2.30. The third kappa shape index (κ3) is 3.93. The quantitative estimate of drug-likeness (QED) is 0.505. The van der Waals surface area contributed by atoms with Gasteiger partial charge in [-0.3, -0.25) is 5.43 Å². The number of ether oxygens (including phenoxy) is 2. The Kier molecular flexibility index (Phi) is 5.00. The molecule has 0 bridgehead atoms. The van der Waals surface area contributed by atoms with Gasteiger partial charge in [-0.05, 0) is 56.1 Å². The number of fused-ring (bicyclic) bond motifs is 1. The Hall–Kier alpha value is -1.82. The van der Waals surface area contributed by atoms with Gasteiger partial charge >= 0.3 is 0 Å². The van der Waals surface area contributed by atoms with Crippen LogP contribution >= 0.6 is 12.2 Å². The van der Waals surface area contributed by atoms with Crippen LogP contribution in [0.4, 0.5) is 0 Å². The van der Waals surface area contributed by atoms with E-state index >= 15 is 0 Å². The molecule has 2 N–H and O–H groups in total. The summed E-state index contributed by atoms with van der Waals surface area (Å²) in [6.45, 7) is 4.50. The Balaban J connectivity index is 1.57. The second kappa shape index (κ2) is 7.17. The Morgan fingerprint density at radius 2 is 2.00 bits per heavy atom. The van der Waals surface area contributed by atoms with Crippen LogP contribution in [0.2, 0.25) is 0 Å². The molecule has 2 atom stereocenters. The summed E-state index contributed by atoms with van der Waals surface area (Å²) in [5, 5.41) is 8.35. The van der Waals surface area contributed by atoms with Crippen LogP contribution in [0, 0.1) is 5.92 Å². The van der Waals surface area contributed by atoms with Crippen molar-refractivity contribution in [1.29, 1.82) is 0 Å². The van der Waals surface area contributed by atoms with E-state index in [0.29, 0.717) is 17.1 Å². The van der Waals surface area contributed by atoms with Gasteiger partial charge in [0.15, 0.2) is 16.6 Å². The summed E-state index contributed by atoms with van der Waals surface area (Å²) < 4.78 is 10.7. The molecule has 2 aliphatic rings. The standard InChI is InChI=1S/C17H23N3O2S/c1-11-5-3-4-6-14(11)18-17(23)20-19-12(2)13-7-8-15-16(9-13)22-10-21-15/h7-9,11,14H,3-6,10H2,1-2H3,(H2,18,20,23)/b19-12-/t11-,14-/m1/s1. The van der Waals surface area contributed by atoms with Crippen LogP contribution in [-0.4, -0.2) is 23.7 Å². The molecule has 0 aromatic heterocycles. The molecule has 0 unspecified atom stereocenters. The van der Waals surface area contributed by atoms with Gasteiger partial charge in [-0.25, -0.2) is 0 Å². The zero-order valence-electron chi connectivity index (χ0n) is 13.6. The molecule has 0 radical (unpaired) electrons. The summed E-state index contributed by atoms with van der Waals surface area (Å²) in [6, 6.07) is 6.25. The number of hydrogen-bond donors (Lipinski definition) is 2. The maximum Gasteiger partial charge on any atom is 0.231 e. The zero-order chi connectivity index (χ0) is 16.2. The lowest BCUT2D eigenvalue weighted by molar-refractivity contribution is 0.174. The number of thiocarbonyl (C=S) groups is 1. The van der Waals surface area contributed by atoms with Crippen LogP contribution in [0.25, 0.3) is 0 Å². The average Bonchev–Trinajstić information content (AvgIpc) is 3.02. The van der Waals surface area contributed by atoms with Gasteiger partial charge < -0.3 is 14.8 Å². The molecule has 0 saturated heterocycles. The third-order valence-electron chi connectivity index (χ3n) is 4.54. The molecule has 1 aliphatic carbocycles. The number of hydrogen-bond acceptors (Lipinski definition) is 4. The molecule has 0 amide bonds. The molecule has 0 spiro atoms. The molecule has 1 aromatic carbocycles. The van der Waals surface area contributed by atoms with E-state index in [1.54, 1.807) is 0 Å². The molecule has 6 heteroatoms. The van der Waals surface area contributed by atoms with Crippen molar-refractivity contribution >= 4 is 23.0 Å². The monoisotopic (exact) mass is 333 g/mol. The van der Waals surface area contributed by atoms with Gasteiger partial charge in [-0.1, -0.05) is 19.8 Å². The van der Waals surface area contributed by atoms with E-state index in [1.165, 1.54) is 25.7 Å². The van der Waals surface area contributed by atoms with E-state index in [1.807, 2.05) is 25.1 Å². The number of nitrogens with one attached hydrogen (secondary N) is 2. The molecule has 124 valence electrons. The molecule has 23 heavy (non-hydrogen) atoms. The molecular formula is C17H23N3O2S. The highest BCUT2D eigenvalue weighted by Gasteiger charge is 2.21. The van der Waals surface area contributed by atoms with Crippen LogP contribution in [0.5, 0.6) is 11.5 Å². The largest absolute Gasteiger partial charge is 0.454 e. The fourth-order valence-corrected chi connectivity index (χ4v) is 3.25. The lowest BCUT2D eigenvalue weighted by atomic mass is 9.86. The summed E-state index contributed by atoms with van der Waals surface area (Å²) in [4.78, 5) is 0. The molecule has 1 aromatic rings. The smallest absolute Gasteiger partial charge is 0.231 e. The van der Waals surface area contributed by atoms with Crippen LogP contribution in [0.15, 0.2) is 23.3 Å². The van der Waals surface area contributed by atoms with Crippen molar-refractivity contribution in [3.05, 3.63) is 23.8 Å². The van der Waals surface area contributed by atoms with E-state index in [-0.39, 0.29) is 6.79 Å². The van der Waals surface area contributed by atoms with Gasteiger partial charge in [-0.2, -0.15) is 5.10 Å². The second-order valence-electron chi connectivity index (χ2n) is 6.22. The first-order chi connectivity index (χ1) is 11.1. The summed E-state index contributed by atoms with van der Waals surface area (Å²) in [7, 11) is 0. The number of hydrazone groups is 1. The first-order valence-electron chi connectivity index (χ1n) is 8.14. The normalized spacial score (nSPS) is 23.5. The zero-order valence-corrected chi connectivity index (χ0v) is 14.4. The van der Waals surface area contributed by atoms with Crippen molar-refractivity contribution in [3.63, 3.8) is 0 Å². The van der Waals surface area contributed by atoms with Crippen LogP contribution in [0.1, 0.15) is 45.1 Å². The molecule has 1 aliphatic heterocycles. The van der Waals surface area contributed by atoms with Gasteiger partial charge in [0, 0.05) is 11.6 Å². The molecule has 5 nitrogen and oxygen atoms in total. The Morgan fingerprint density at radius 1 is 1.22 bits per heavy atom. The van der Waals surface area contributed by atoms with Crippen molar-refractivity contribution in [1.82, 2.24) is 10.7 Å². The Morgan fingerprint density at radius 3 is 2.83 bits per heavy atom. The predicted molar refractivity (Wildman–Crippen MR) is 95.1 cm³/mol.